The van der Waals surface area contributed by atoms with Gasteiger partial charge in [-0.25, -0.2) is 4.98 Å². The van der Waals surface area contributed by atoms with Crippen molar-refractivity contribution in [1.82, 2.24) is 9.97 Å². The number of hydrogen-bond acceptors (Lipinski definition) is 5. The minimum absolute atomic E-state index is 0.0837. The molecular formula is C14H12N4O2S. The molecule has 0 aliphatic carbocycles. The van der Waals surface area contributed by atoms with Crippen molar-refractivity contribution in [3.8, 4) is 0 Å². The normalized spacial score (nSPS) is 10.9. The lowest BCUT2D eigenvalue weighted by molar-refractivity contribution is -0.383. The number of H-pyrrole nitrogens is 1. The van der Waals surface area contributed by atoms with Gasteiger partial charge in [0.05, 0.1) is 16.0 Å². The van der Waals surface area contributed by atoms with Crippen LogP contribution in [0.3, 0.4) is 0 Å². The minimum Gasteiger partial charge on any atom is -0.393 e. The zero-order valence-corrected chi connectivity index (χ0v) is 12.0. The molecule has 6 nitrogen and oxygen atoms in total. The van der Waals surface area contributed by atoms with Gasteiger partial charge in [0.25, 0.3) is 5.69 Å². The summed E-state index contributed by atoms with van der Waals surface area (Å²) in [6.45, 7) is 2.02. The second-order valence-corrected chi connectivity index (χ2v) is 5.70. The maximum Gasteiger partial charge on any atom is 0.292 e. The number of aromatic nitrogens is 2. The molecule has 0 unspecified atom stereocenters. The zero-order valence-electron chi connectivity index (χ0n) is 11.2. The van der Waals surface area contributed by atoms with E-state index >= 15 is 0 Å². The molecule has 106 valence electrons. The van der Waals surface area contributed by atoms with Crippen molar-refractivity contribution in [2.75, 3.05) is 5.73 Å². The van der Waals surface area contributed by atoms with Crippen LogP contribution >= 0.6 is 11.8 Å². The van der Waals surface area contributed by atoms with Crippen molar-refractivity contribution < 1.29 is 4.92 Å². The highest BCUT2D eigenvalue weighted by Gasteiger charge is 2.12. The van der Waals surface area contributed by atoms with Crippen LogP contribution in [0.2, 0.25) is 0 Å². The summed E-state index contributed by atoms with van der Waals surface area (Å²) in [5.74, 6) is 0. The Labute approximate surface area is 124 Å². The number of nitrogens with one attached hydrogen (secondary N) is 1. The van der Waals surface area contributed by atoms with Crippen molar-refractivity contribution in [2.24, 2.45) is 0 Å². The van der Waals surface area contributed by atoms with Gasteiger partial charge < -0.3 is 10.7 Å². The number of nitrogen functional groups attached to an aromatic ring is 1. The number of nitrogens with zero attached hydrogens (tertiary/aromatic N) is 2. The van der Waals surface area contributed by atoms with Crippen LogP contribution < -0.4 is 5.73 Å². The first-order valence-electron chi connectivity index (χ1n) is 6.21. The molecule has 0 bridgehead atoms. The van der Waals surface area contributed by atoms with Gasteiger partial charge >= 0.3 is 0 Å². The van der Waals surface area contributed by atoms with Crippen LogP contribution in [0, 0.1) is 17.0 Å². The molecule has 0 fully saturated rings. The van der Waals surface area contributed by atoms with Gasteiger partial charge in [-0.15, -0.1) is 0 Å². The number of nitro benzene ring substituents is 1. The third-order valence-electron chi connectivity index (χ3n) is 3.03. The van der Waals surface area contributed by atoms with E-state index in [-0.39, 0.29) is 11.4 Å². The molecule has 21 heavy (non-hydrogen) atoms. The summed E-state index contributed by atoms with van der Waals surface area (Å²) in [6.07, 6.45) is 0. The number of imidazole rings is 1. The molecule has 1 aromatic heterocycles. The largest absolute Gasteiger partial charge is 0.393 e. The standard InChI is InChI=1S/C14H12N4O2S/c1-8-2-4-11-12(6-8)17-14(16-11)21-9-3-5-13(18(19)20)10(15)7-9/h2-7H,15H2,1H3,(H,16,17). The lowest BCUT2D eigenvalue weighted by Gasteiger charge is -2.00. The van der Waals surface area contributed by atoms with E-state index in [1.165, 1.54) is 17.8 Å². The molecule has 1 heterocycles. The number of rotatable bonds is 3. The topological polar surface area (TPSA) is 97.8 Å². The van der Waals surface area contributed by atoms with Crippen LogP contribution in [-0.2, 0) is 0 Å². The van der Waals surface area contributed by atoms with E-state index in [0.29, 0.717) is 0 Å². The van der Waals surface area contributed by atoms with Crippen LogP contribution in [0.4, 0.5) is 11.4 Å². The highest BCUT2D eigenvalue weighted by molar-refractivity contribution is 7.99. The van der Waals surface area contributed by atoms with Crippen LogP contribution in [0.5, 0.6) is 0 Å². The van der Waals surface area contributed by atoms with Gasteiger partial charge in [-0.1, -0.05) is 17.8 Å². The maximum absolute atomic E-state index is 10.7. The fourth-order valence-electron chi connectivity index (χ4n) is 2.02. The molecule has 7 heteroatoms. The Kier molecular flexibility index (Phi) is 3.26. The summed E-state index contributed by atoms with van der Waals surface area (Å²) in [7, 11) is 0. The molecule has 3 aromatic rings. The number of nitro groups is 1. The van der Waals surface area contributed by atoms with Crippen molar-refractivity contribution in [1.29, 1.82) is 0 Å². The molecule has 0 aliphatic rings. The van der Waals surface area contributed by atoms with E-state index in [2.05, 4.69) is 9.97 Å². The van der Waals surface area contributed by atoms with E-state index in [0.717, 1.165) is 26.6 Å². The quantitative estimate of drug-likeness (QED) is 0.438. The molecule has 0 saturated heterocycles. The van der Waals surface area contributed by atoms with Crippen molar-refractivity contribution in [3.05, 3.63) is 52.1 Å². The Hall–Kier alpha value is -2.54. The smallest absolute Gasteiger partial charge is 0.292 e. The van der Waals surface area contributed by atoms with Crippen LogP contribution in [0.1, 0.15) is 5.56 Å². The van der Waals surface area contributed by atoms with Crippen LogP contribution in [-0.4, -0.2) is 14.9 Å². The zero-order chi connectivity index (χ0) is 15.0. The minimum atomic E-state index is -0.492. The van der Waals surface area contributed by atoms with Crippen LogP contribution in [0.15, 0.2) is 46.5 Å². The van der Waals surface area contributed by atoms with E-state index in [1.807, 2.05) is 25.1 Å². The number of fused-ring (bicyclic) bond motifs is 1. The maximum atomic E-state index is 10.7. The monoisotopic (exact) mass is 300 g/mol. The van der Waals surface area contributed by atoms with E-state index in [9.17, 15) is 10.1 Å². The van der Waals surface area contributed by atoms with E-state index in [1.54, 1.807) is 12.1 Å². The molecule has 3 N–H and O–H groups in total. The first-order chi connectivity index (χ1) is 10.0. The lowest BCUT2D eigenvalue weighted by atomic mass is 10.2. The van der Waals surface area contributed by atoms with Gasteiger partial charge in [-0.2, -0.15) is 0 Å². The molecule has 0 amide bonds. The first kappa shape index (κ1) is 13.4. The first-order valence-corrected chi connectivity index (χ1v) is 7.03. The SMILES string of the molecule is Cc1ccc2nc(Sc3ccc([N+](=O)[O-])c(N)c3)[nH]c2c1. The Balaban J connectivity index is 1.91. The predicted molar refractivity (Wildman–Crippen MR) is 82.5 cm³/mol. The molecule has 0 saturated carbocycles. The average Bonchev–Trinajstić information content (AvgIpc) is 2.79. The van der Waals surface area contributed by atoms with Crippen molar-refractivity contribution in [2.45, 2.75) is 17.0 Å². The van der Waals surface area contributed by atoms with E-state index < -0.39 is 4.92 Å². The van der Waals surface area contributed by atoms with Gasteiger partial charge in [-0.3, -0.25) is 10.1 Å². The highest BCUT2D eigenvalue weighted by atomic mass is 32.2. The third-order valence-corrected chi connectivity index (χ3v) is 3.90. The summed E-state index contributed by atoms with van der Waals surface area (Å²) in [5, 5.41) is 11.5. The second-order valence-electron chi connectivity index (χ2n) is 4.64. The predicted octanol–water partition coefficient (Wildman–Crippen LogP) is 3.51. The summed E-state index contributed by atoms with van der Waals surface area (Å²) in [6, 6.07) is 10.6. The van der Waals surface area contributed by atoms with Gasteiger partial charge in [0.2, 0.25) is 0 Å². The summed E-state index contributed by atoms with van der Waals surface area (Å²) < 4.78 is 0. The Morgan fingerprint density at radius 1 is 1.29 bits per heavy atom. The van der Waals surface area contributed by atoms with Gasteiger partial charge in [-0.05, 0) is 36.8 Å². The number of anilines is 1. The van der Waals surface area contributed by atoms with Crippen molar-refractivity contribution >= 4 is 34.2 Å². The highest BCUT2D eigenvalue weighted by Crippen LogP contribution is 2.32. The molecule has 0 radical (unpaired) electrons. The molecule has 3 rings (SSSR count). The molecule has 0 aliphatic heterocycles. The fraction of sp³-hybridized carbons (Fsp3) is 0.0714. The number of hydrogen-bond donors (Lipinski definition) is 2. The number of benzene rings is 2. The Bertz CT molecular complexity index is 844. The summed E-state index contributed by atoms with van der Waals surface area (Å²) in [4.78, 5) is 18.7. The fourth-order valence-corrected chi connectivity index (χ4v) is 2.87. The molecule has 0 atom stereocenters. The Morgan fingerprint density at radius 2 is 2.10 bits per heavy atom. The summed E-state index contributed by atoms with van der Waals surface area (Å²) >= 11 is 1.38. The van der Waals surface area contributed by atoms with Crippen LogP contribution in [0.25, 0.3) is 11.0 Å². The molecule has 0 spiro atoms. The molecular weight excluding hydrogens is 288 g/mol. The third kappa shape index (κ3) is 2.68. The molecule has 2 aromatic carbocycles. The number of aromatic amines is 1. The van der Waals surface area contributed by atoms with E-state index in [4.69, 9.17) is 5.73 Å². The van der Waals surface area contributed by atoms with Gasteiger partial charge in [0.15, 0.2) is 5.16 Å². The van der Waals surface area contributed by atoms with Gasteiger partial charge in [0, 0.05) is 11.0 Å². The van der Waals surface area contributed by atoms with Gasteiger partial charge in [0.1, 0.15) is 5.69 Å². The average molecular weight is 300 g/mol. The number of nitrogens with two attached hydrogens (primary N) is 1. The Morgan fingerprint density at radius 3 is 2.81 bits per heavy atom. The van der Waals surface area contributed by atoms with Crippen molar-refractivity contribution in [3.63, 3.8) is 0 Å². The number of aryl methyl sites for hydroxylation is 1. The second kappa shape index (κ2) is 5.10. The lowest BCUT2D eigenvalue weighted by Crippen LogP contribution is -1.95. The summed E-state index contributed by atoms with van der Waals surface area (Å²) in [5.41, 5.74) is 8.76.